The fraction of sp³-hybridized carbons (Fsp3) is 0.0952. The number of amides is 2. The van der Waals surface area contributed by atoms with Crippen LogP contribution in [0.15, 0.2) is 65.4 Å². The number of nitrogens with zero attached hydrogens (tertiary/aromatic N) is 3. The number of hydrogen-bond acceptors (Lipinski definition) is 4. The van der Waals surface area contributed by atoms with Crippen molar-refractivity contribution in [1.82, 2.24) is 14.9 Å². The molecule has 1 aromatic heterocycles. The third kappa shape index (κ3) is 3.57. The SMILES string of the molecule is O=C1CN(C(=O)c2c(F)cc(-c3ccncc3)cc2F)C(c2cccc(Br)c2)N1O. The number of carbonyl (C=O) groups is 2. The van der Waals surface area contributed by atoms with Crippen LogP contribution in [-0.4, -0.2) is 38.5 Å². The summed E-state index contributed by atoms with van der Waals surface area (Å²) in [5.74, 6) is -3.93. The second kappa shape index (κ2) is 7.92. The number of pyridine rings is 1. The lowest BCUT2D eigenvalue weighted by Gasteiger charge is -2.27. The van der Waals surface area contributed by atoms with Crippen LogP contribution in [0.2, 0.25) is 0 Å². The summed E-state index contributed by atoms with van der Waals surface area (Å²) in [4.78, 5) is 29.9. The minimum absolute atomic E-state index is 0.244. The second-order valence-corrected chi connectivity index (χ2v) is 7.57. The van der Waals surface area contributed by atoms with Gasteiger partial charge in [-0.1, -0.05) is 28.1 Å². The first-order valence-electron chi connectivity index (χ1n) is 8.83. The van der Waals surface area contributed by atoms with E-state index in [1.807, 2.05) is 0 Å². The molecule has 0 spiro atoms. The van der Waals surface area contributed by atoms with Gasteiger partial charge in [-0.15, -0.1) is 0 Å². The van der Waals surface area contributed by atoms with Gasteiger partial charge in [-0.25, -0.2) is 8.78 Å². The predicted molar refractivity (Wildman–Crippen MR) is 106 cm³/mol. The molecule has 1 N–H and O–H groups in total. The van der Waals surface area contributed by atoms with Crippen molar-refractivity contribution < 1.29 is 23.6 Å². The van der Waals surface area contributed by atoms with Crippen LogP contribution in [0.5, 0.6) is 0 Å². The van der Waals surface area contributed by atoms with Gasteiger partial charge in [0, 0.05) is 16.9 Å². The summed E-state index contributed by atoms with van der Waals surface area (Å²) >= 11 is 3.29. The number of aromatic nitrogens is 1. The Morgan fingerprint density at radius 3 is 2.37 bits per heavy atom. The van der Waals surface area contributed by atoms with E-state index in [-0.39, 0.29) is 5.56 Å². The van der Waals surface area contributed by atoms with E-state index < -0.39 is 41.7 Å². The lowest BCUT2D eigenvalue weighted by atomic mass is 10.0. The van der Waals surface area contributed by atoms with Crippen molar-refractivity contribution in [3.8, 4) is 11.1 Å². The molecule has 1 fully saturated rings. The molecule has 1 aliphatic heterocycles. The van der Waals surface area contributed by atoms with E-state index in [4.69, 9.17) is 0 Å². The molecule has 2 heterocycles. The molecule has 2 amide bonds. The number of halogens is 3. The van der Waals surface area contributed by atoms with E-state index in [1.54, 1.807) is 36.4 Å². The number of rotatable bonds is 3. The lowest BCUT2D eigenvalue weighted by Crippen LogP contribution is -2.35. The zero-order valence-corrected chi connectivity index (χ0v) is 16.9. The van der Waals surface area contributed by atoms with Gasteiger partial charge in [0.2, 0.25) is 0 Å². The smallest absolute Gasteiger partial charge is 0.267 e. The molecular weight excluding hydrogens is 460 g/mol. The van der Waals surface area contributed by atoms with Crippen LogP contribution in [0.1, 0.15) is 22.1 Å². The van der Waals surface area contributed by atoms with Gasteiger partial charge in [0.25, 0.3) is 11.8 Å². The molecule has 1 aliphatic rings. The van der Waals surface area contributed by atoms with E-state index in [1.165, 1.54) is 12.4 Å². The monoisotopic (exact) mass is 473 g/mol. The van der Waals surface area contributed by atoms with Crippen molar-refractivity contribution in [2.45, 2.75) is 6.17 Å². The average Bonchev–Trinajstić information content (AvgIpc) is 3.02. The van der Waals surface area contributed by atoms with Gasteiger partial charge in [-0.3, -0.25) is 19.8 Å². The third-order valence-corrected chi connectivity index (χ3v) is 5.26. The van der Waals surface area contributed by atoms with Gasteiger partial charge < -0.3 is 4.90 Å². The van der Waals surface area contributed by atoms with Crippen LogP contribution >= 0.6 is 15.9 Å². The highest BCUT2D eigenvalue weighted by Gasteiger charge is 2.43. The van der Waals surface area contributed by atoms with Gasteiger partial charge in [-0.2, -0.15) is 5.06 Å². The number of benzene rings is 2. The Kier molecular flexibility index (Phi) is 5.31. The van der Waals surface area contributed by atoms with Gasteiger partial charge in [-0.05, 0) is 53.1 Å². The van der Waals surface area contributed by atoms with Gasteiger partial charge in [0.05, 0.1) is 0 Å². The Labute approximate surface area is 178 Å². The van der Waals surface area contributed by atoms with Crippen molar-refractivity contribution in [3.05, 3.63) is 88.2 Å². The molecule has 0 saturated carbocycles. The number of hydrogen-bond donors (Lipinski definition) is 1. The molecule has 0 bridgehead atoms. The number of carbonyl (C=O) groups excluding carboxylic acids is 2. The quantitative estimate of drug-likeness (QED) is 0.579. The molecule has 6 nitrogen and oxygen atoms in total. The number of hydroxylamine groups is 2. The highest BCUT2D eigenvalue weighted by Crippen LogP contribution is 2.33. The average molecular weight is 474 g/mol. The van der Waals surface area contributed by atoms with Crippen molar-refractivity contribution in [3.63, 3.8) is 0 Å². The van der Waals surface area contributed by atoms with Crippen LogP contribution in [-0.2, 0) is 4.79 Å². The van der Waals surface area contributed by atoms with Crippen LogP contribution in [0.4, 0.5) is 8.78 Å². The van der Waals surface area contributed by atoms with E-state index in [0.29, 0.717) is 20.7 Å². The molecule has 0 radical (unpaired) electrons. The standard InChI is InChI=1S/C21H14BrF2N3O3/c22-15-3-1-2-13(8-15)20-26(11-18(28)27(20)30)21(29)19-16(23)9-14(10-17(19)24)12-4-6-25-7-5-12/h1-10,20,30H,11H2. The van der Waals surface area contributed by atoms with Crippen LogP contribution in [0.3, 0.4) is 0 Å². The molecule has 152 valence electrons. The maximum atomic E-state index is 14.8. The first-order chi connectivity index (χ1) is 14.4. The Morgan fingerprint density at radius 2 is 1.73 bits per heavy atom. The molecule has 30 heavy (non-hydrogen) atoms. The summed E-state index contributed by atoms with van der Waals surface area (Å²) in [6, 6.07) is 11.9. The van der Waals surface area contributed by atoms with E-state index >= 15 is 0 Å². The van der Waals surface area contributed by atoms with E-state index in [0.717, 1.165) is 17.0 Å². The molecule has 4 rings (SSSR count). The normalized spacial score (nSPS) is 16.3. The fourth-order valence-corrected chi connectivity index (χ4v) is 3.79. The molecule has 0 aliphatic carbocycles. The minimum atomic E-state index is -1.21. The van der Waals surface area contributed by atoms with Crippen LogP contribution in [0, 0.1) is 11.6 Å². The highest BCUT2D eigenvalue weighted by molar-refractivity contribution is 9.10. The Hall–Kier alpha value is -3.17. The lowest BCUT2D eigenvalue weighted by molar-refractivity contribution is -0.168. The highest BCUT2D eigenvalue weighted by atomic mass is 79.9. The van der Waals surface area contributed by atoms with Gasteiger partial charge >= 0.3 is 0 Å². The Bertz CT molecular complexity index is 1120. The maximum Gasteiger partial charge on any atom is 0.267 e. The first kappa shape index (κ1) is 20.1. The molecule has 1 saturated heterocycles. The summed E-state index contributed by atoms with van der Waals surface area (Å²) in [5.41, 5.74) is 0.386. The van der Waals surface area contributed by atoms with Gasteiger partial charge in [0.1, 0.15) is 23.7 Å². The Morgan fingerprint density at radius 1 is 1.07 bits per heavy atom. The van der Waals surface area contributed by atoms with Crippen molar-refractivity contribution in [2.24, 2.45) is 0 Å². The largest absolute Gasteiger partial charge is 0.302 e. The predicted octanol–water partition coefficient (Wildman–Crippen LogP) is 4.16. The van der Waals surface area contributed by atoms with Crippen molar-refractivity contribution in [2.75, 3.05) is 6.54 Å². The van der Waals surface area contributed by atoms with E-state index in [9.17, 15) is 23.6 Å². The first-order valence-corrected chi connectivity index (χ1v) is 9.63. The second-order valence-electron chi connectivity index (χ2n) is 6.65. The van der Waals surface area contributed by atoms with E-state index in [2.05, 4.69) is 20.9 Å². The molecule has 9 heteroatoms. The van der Waals surface area contributed by atoms with Crippen molar-refractivity contribution in [1.29, 1.82) is 0 Å². The Balaban J connectivity index is 1.74. The topological polar surface area (TPSA) is 73.7 Å². The molecule has 3 aromatic rings. The fourth-order valence-electron chi connectivity index (χ4n) is 3.38. The zero-order chi connectivity index (χ0) is 21.4. The summed E-state index contributed by atoms with van der Waals surface area (Å²) in [6.07, 6.45) is 1.76. The van der Waals surface area contributed by atoms with Crippen LogP contribution < -0.4 is 0 Å². The maximum absolute atomic E-state index is 14.8. The third-order valence-electron chi connectivity index (χ3n) is 4.77. The summed E-state index contributed by atoms with van der Waals surface area (Å²) in [7, 11) is 0. The molecular formula is C21H14BrF2N3O3. The van der Waals surface area contributed by atoms with Crippen molar-refractivity contribution >= 4 is 27.7 Å². The molecule has 1 atom stereocenters. The van der Waals surface area contributed by atoms with Gasteiger partial charge in [0.15, 0.2) is 6.17 Å². The zero-order valence-electron chi connectivity index (χ0n) is 15.3. The minimum Gasteiger partial charge on any atom is -0.302 e. The summed E-state index contributed by atoms with van der Waals surface area (Å²) in [5, 5.41) is 10.6. The summed E-state index contributed by atoms with van der Waals surface area (Å²) < 4.78 is 30.3. The molecule has 1 unspecified atom stereocenters. The molecule has 2 aromatic carbocycles. The summed E-state index contributed by atoms with van der Waals surface area (Å²) in [6.45, 7) is -0.516. The van der Waals surface area contributed by atoms with Crippen LogP contribution in [0.25, 0.3) is 11.1 Å².